The molecular weight excluding hydrogens is 276 g/mol. The molecule has 114 valence electrons. The number of hydrogen-bond acceptors (Lipinski definition) is 4. The first-order valence-corrected chi connectivity index (χ1v) is 7.46. The number of hydrogen-bond donors (Lipinski definition) is 0. The van der Waals surface area contributed by atoms with E-state index >= 15 is 0 Å². The van der Waals surface area contributed by atoms with Crippen molar-refractivity contribution in [2.75, 3.05) is 7.05 Å². The fourth-order valence-corrected chi connectivity index (χ4v) is 2.48. The predicted octanol–water partition coefficient (Wildman–Crippen LogP) is 3.19. The van der Waals surface area contributed by atoms with Crippen LogP contribution in [0.25, 0.3) is 11.3 Å². The highest BCUT2D eigenvalue weighted by molar-refractivity contribution is 5.56. The van der Waals surface area contributed by atoms with Gasteiger partial charge in [0.25, 0.3) is 0 Å². The Labute approximate surface area is 130 Å². The first-order valence-electron chi connectivity index (χ1n) is 7.46. The van der Waals surface area contributed by atoms with Crippen LogP contribution in [0.1, 0.15) is 18.4 Å². The number of imidazole rings is 1. The maximum Gasteiger partial charge on any atom is 0.167 e. The Morgan fingerprint density at radius 3 is 2.77 bits per heavy atom. The van der Waals surface area contributed by atoms with Gasteiger partial charge in [-0.2, -0.15) is 0 Å². The van der Waals surface area contributed by atoms with Crippen molar-refractivity contribution in [1.82, 2.24) is 19.6 Å². The van der Waals surface area contributed by atoms with Crippen LogP contribution in [-0.2, 0) is 19.6 Å². The Morgan fingerprint density at radius 2 is 2.00 bits per heavy atom. The molecule has 0 saturated carbocycles. The molecule has 2 heterocycles. The first kappa shape index (κ1) is 14.5. The van der Waals surface area contributed by atoms with Gasteiger partial charge in [-0.25, -0.2) is 4.98 Å². The third-order valence-corrected chi connectivity index (χ3v) is 3.60. The molecule has 22 heavy (non-hydrogen) atoms. The van der Waals surface area contributed by atoms with E-state index in [1.165, 1.54) is 0 Å². The van der Waals surface area contributed by atoms with E-state index in [0.717, 1.165) is 42.5 Å². The highest BCUT2D eigenvalue weighted by Crippen LogP contribution is 2.20. The summed E-state index contributed by atoms with van der Waals surface area (Å²) in [6.45, 7) is 4.57. The molecule has 0 unspecified atom stereocenters. The van der Waals surface area contributed by atoms with Crippen molar-refractivity contribution >= 4 is 0 Å². The van der Waals surface area contributed by atoms with Crippen molar-refractivity contribution < 1.29 is 4.52 Å². The molecule has 5 nitrogen and oxygen atoms in total. The third kappa shape index (κ3) is 3.26. The smallest absolute Gasteiger partial charge is 0.167 e. The molecule has 0 aliphatic rings. The van der Waals surface area contributed by atoms with Gasteiger partial charge in [-0.05, 0) is 14.0 Å². The molecule has 3 aromatic rings. The van der Waals surface area contributed by atoms with Gasteiger partial charge in [-0.15, -0.1) is 0 Å². The van der Waals surface area contributed by atoms with Crippen LogP contribution < -0.4 is 0 Å². The van der Waals surface area contributed by atoms with Gasteiger partial charge >= 0.3 is 0 Å². The average molecular weight is 296 g/mol. The van der Waals surface area contributed by atoms with E-state index in [0.29, 0.717) is 0 Å². The predicted molar refractivity (Wildman–Crippen MR) is 85.0 cm³/mol. The Hall–Kier alpha value is -2.40. The van der Waals surface area contributed by atoms with E-state index in [1.54, 1.807) is 0 Å². The summed E-state index contributed by atoms with van der Waals surface area (Å²) in [5.74, 6) is 1.87. The van der Waals surface area contributed by atoms with Crippen molar-refractivity contribution in [2.24, 2.45) is 0 Å². The monoisotopic (exact) mass is 296 g/mol. The Morgan fingerprint density at radius 1 is 1.18 bits per heavy atom. The second-order valence-corrected chi connectivity index (χ2v) is 5.35. The van der Waals surface area contributed by atoms with Gasteiger partial charge < -0.3 is 9.09 Å². The number of nitrogens with zero attached hydrogens (tertiary/aromatic N) is 4. The molecule has 0 amide bonds. The maximum absolute atomic E-state index is 5.43. The fraction of sp³-hybridized carbons (Fsp3) is 0.294. The van der Waals surface area contributed by atoms with Crippen molar-refractivity contribution in [2.45, 2.75) is 26.6 Å². The SMILES string of the molecule is CCn1ccnc1CN(C)Cc1cc(-c2ccccc2)on1. The molecule has 0 fully saturated rings. The van der Waals surface area contributed by atoms with Crippen molar-refractivity contribution in [1.29, 1.82) is 0 Å². The molecule has 5 heteroatoms. The lowest BCUT2D eigenvalue weighted by atomic mass is 10.1. The summed E-state index contributed by atoms with van der Waals surface area (Å²) in [5.41, 5.74) is 1.97. The van der Waals surface area contributed by atoms with E-state index in [4.69, 9.17) is 4.52 Å². The molecule has 0 atom stereocenters. The van der Waals surface area contributed by atoms with Crippen LogP contribution in [0.3, 0.4) is 0 Å². The zero-order valence-corrected chi connectivity index (χ0v) is 12.9. The van der Waals surface area contributed by atoms with E-state index in [9.17, 15) is 0 Å². The highest BCUT2D eigenvalue weighted by atomic mass is 16.5. The maximum atomic E-state index is 5.43. The van der Waals surface area contributed by atoms with Crippen LogP contribution in [0.15, 0.2) is 53.3 Å². The summed E-state index contributed by atoms with van der Waals surface area (Å²) in [6.07, 6.45) is 3.85. The molecule has 0 aliphatic carbocycles. The van der Waals surface area contributed by atoms with E-state index in [1.807, 2.05) is 48.8 Å². The van der Waals surface area contributed by atoms with E-state index in [-0.39, 0.29) is 0 Å². The number of rotatable bonds is 6. The number of aromatic nitrogens is 3. The molecule has 0 radical (unpaired) electrons. The van der Waals surface area contributed by atoms with Crippen LogP contribution in [0.5, 0.6) is 0 Å². The zero-order chi connectivity index (χ0) is 15.4. The fourth-order valence-electron chi connectivity index (χ4n) is 2.48. The first-order chi connectivity index (χ1) is 10.8. The van der Waals surface area contributed by atoms with Gasteiger partial charge in [0.1, 0.15) is 5.82 Å². The van der Waals surface area contributed by atoms with Gasteiger partial charge in [-0.1, -0.05) is 35.5 Å². The highest BCUT2D eigenvalue weighted by Gasteiger charge is 2.10. The molecule has 0 bridgehead atoms. The summed E-state index contributed by atoms with van der Waals surface area (Å²) in [4.78, 5) is 6.58. The van der Waals surface area contributed by atoms with Crippen molar-refractivity contribution in [3.05, 3.63) is 60.3 Å². The minimum Gasteiger partial charge on any atom is -0.356 e. The van der Waals surface area contributed by atoms with Gasteiger partial charge in [0.05, 0.1) is 12.2 Å². The summed E-state index contributed by atoms with van der Waals surface area (Å²) < 4.78 is 7.58. The Kier molecular flexibility index (Phi) is 4.34. The van der Waals surface area contributed by atoms with Crippen LogP contribution in [0.2, 0.25) is 0 Å². The average Bonchev–Trinajstić information content (AvgIpc) is 3.17. The normalized spacial score (nSPS) is 11.2. The molecule has 2 aromatic heterocycles. The lowest BCUT2D eigenvalue weighted by Gasteiger charge is -2.15. The molecule has 0 N–H and O–H groups in total. The van der Waals surface area contributed by atoms with Gasteiger partial charge in [-0.3, -0.25) is 4.90 Å². The number of aryl methyl sites for hydroxylation is 1. The Balaban J connectivity index is 1.65. The summed E-state index contributed by atoms with van der Waals surface area (Å²) in [6, 6.07) is 12.0. The molecule has 0 spiro atoms. The quantitative estimate of drug-likeness (QED) is 0.701. The largest absolute Gasteiger partial charge is 0.356 e. The van der Waals surface area contributed by atoms with Crippen LogP contribution in [-0.4, -0.2) is 26.7 Å². The molecule has 1 aromatic carbocycles. The lowest BCUT2D eigenvalue weighted by molar-refractivity contribution is 0.293. The van der Waals surface area contributed by atoms with Crippen molar-refractivity contribution in [3.8, 4) is 11.3 Å². The summed E-state index contributed by atoms with van der Waals surface area (Å²) in [5, 5.41) is 4.16. The minimum atomic E-state index is 0.729. The van der Waals surface area contributed by atoms with Crippen molar-refractivity contribution in [3.63, 3.8) is 0 Å². The Bertz CT molecular complexity index is 717. The van der Waals surface area contributed by atoms with E-state index in [2.05, 4.69) is 33.6 Å². The second-order valence-electron chi connectivity index (χ2n) is 5.35. The topological polar surface area (TPSA) is 47.1 Å². The zero-order valence-electron chi connectivity index (χ0n) is 12.9. The summed E-state index contributed by atoms with van der Waals surface area (Å²) >= 11 is 0. The minimum absolute atomic E-state index is 0.729. The lowest BCUT2D eigenvalue weighted by Crippen LogP contribution is -2.20. The van der Waals surface area contributed by atoms with Crippen LogP contribution in [0.4, 0.5) is 0 Å². The molecule has 3 rings (SSSR count). The summed E-state index contributed by atoms with van der Waals surface area (Å²) in [7, 11) is 2.06. The van der Waals surface area contributed by atoms with Gasteiger partial charge in [0, 0.05) is 37.1 Å². The van der Waals surface area contributed by atoms with Gasteiger partial charge in [0.2, 0.25) is 0 Å². The third-order valence-electron chi connectivity index (χ3n) is 3.60. The van der Waals surface area contributed by atoms with Crippen LogP contribution >= 0.6 is 0 Å². The molecular formula is C17H20N4O. The number of benzene rings is 1. The van der Waals surface area contributed by atoms with Gasteiger partial charge in [0.15, 0.2) is 5.76 Å². The molecule has 0 saturated heterocycles. The molecule has 0 aliphatic heterocycles. The van der Waals surface area contributed by atoms with Crippen LogP contribution in [0, 0.1) is 0 Å². The standard InChI is InChI=1S/C17H20N4O/c1-3-21-10-9-18-17(21)13-20(2)12-15-11-16(22-19-15)14-7-5-4-6-8-14/h4-11H,3,12-13H2,1-2H3. The van der Waals surface area contributed by atoms with E-state index < -0.39 is 0 Å². The second kappa shape index (κ2) is 6.58.